The van der Waals surface area contributed by atoms with Crippen LogP contribution in [-0.4, -0.2) is 30.1 Å². The second kappa shape index (κ2) is 4.51. The summed E-state index contributed by atoms with van der Waals surface area (Å²) in [5.74, 6) is 0. The zero-order chi connectivity index (χ0) is 11.6. The summed E-state index contributed by atoms with van der Waals surface area (Å²) in [7, 11) is 2.30. The molecule has 1 aromatic carbocycles. The Balaban J connectivity index is 2.33. The molecule has 0 radical (unpaired) electrons. The van der Waals surface area contributed by atoms with E-state index in [1.807, 2.05) is 12.1 Å². The smallest absolute Gasteiger partial charge is 0.374 e. The molecule has 2 rings (SSSR count). The van der Waals surface area contributed by atoms with E-state index in [1.54, 1.807) is 21.3 Å². The van der Waals surface area contributed by atoms with Gasteiger partial charge in [0.2, 0.25) is 0 Å². The first-order valence-corrected chi connectivity index (χ1v) is 6.92. The van der Waals surface area contributed by atoms with Crippen LogP contribution in [-0.2, 0) is 19.7 Å². The molecule has 0 unspecified atom stereocenters. The van der Waals surface area contributed by atoms with Crippen molar-refractivity contribution in [3.05, 3.63) is 40.6 Å². The summed E-state index contributed by atoms with van der Waals surface area (Å²) >= 11 is 0. The van der Waals surface area contributed by atoms with Crippen LogP contribution in [0.5, 0.6) is 0 Å². The van der Waals surface area contributed by atoms with Crippen LogP contribution >= 0.6 is 0 Å². The third-order valence-corrected chi connectivity index (χ3v) is 5.69. The van der Waals surface area contributed by atoms with Crippen molar-refractivity contribution in [3.8, 4) is 0 Å². The van der Waals surface area contributed by atoms with Crippen LogP contribution in [0.4, 0.5) is 0 Å². The van der Waals surface area contributed by atoms with Crippen molar-refractivity contribution in [3.63, 3.8) is 0 Å². The van der Waals surface area contributed by atoms with Gasteiger partial charge in [-0.25, -0.2) is 0 Å². The highest BCUT2D eigenvalue weighted by atomic mass is 28.4. The van der Waals surface area contributed by atoms with Gasteiger partial charge in [0.1, 0.15) is 0 Å². The van der Waals surface area contributed by atoms with E-state index in [-0.39, 0.29) is 0 Å². The molecule has 86 valence electrons. The van der Waals surface area contributed by atoms with Gasteiger partial charge >= 0.3 is 8.80 Å². The third kappa shape index (κ3) is 1.74. The van der Waals surface area contributed by atoms with Crippen molar-refractivity contribution in [1.82, 2.24) is 0 Å². The van der Waals surface area contributed by atoms with Crippen molar-refractivity contribution in [2.75, 3.05) is 21.3 Å². The molecule has 0 heterocycles. The monoisotopic (exact) mass is 236 g/mol. The number of fused-ring (bicyclic) bond motifs is 1. The molecule has 0 aliphatic heterocycles. The zero-order valence-electron chi connectivity index (χ0n) is 9.82. The molecule has 0 spiro atoms. The maximum Gasteiger partial charge on any atom is 0.532 e. The topological polar surface area (TPSA) is 27.7 Å². The van der Waals surface area contributed by atoms with Gasteiger partial charge in [0.25, 0.3) is 0 Å². The van der Waals surface area contributed by atoms with Gasteiger partial charge in [-0.1, -0.05) is 30.3 Å². The fraction of sp³-hybridized carbons (Fsp3) is 0.333. The zero-order valence-corrected chi connectivity index (χ0v) is 10.8. The summed E-state index contributed by atoms with van der Waals surface area (Å²) in [6.07, 6.45) is 2.98. The molecule has 1 aliphatic rings. The van der Waals surface area contributed by atoms with Crippen molar-refractivity contribution in [2.45, 2.75) is 6.42 Å². The van der Waals surface area contributed by atoms with E-state index in [1.165, 1.54) is 11.1 Å². The van der Waals surface area contributed by atoms with Crippen molar-refractivity contribution in [2.24, 2.45) is 0 Å². The first kappa shape index (κ1) is 11.5. The lowest BCUT2D eigenvalue weighted by Crippen LogP contribution is -2.45. The second-order valence-corrected chi connectivity index (χ2v) is 6.69. The van der Waals surface area contributed by atoms with Gasteiger partial charge in [-0.2, -0.15) is 0 Å². The maximum atomic E-state index is 5.48. The second-order valence-electron chi connectivity index (χ2n) is 3.71. The Morgan fingerprint density at radius 3 is 2.19 bits per heavy atom. The lowest BCUT2D eigenvalue weighted by molar-refractivity contribution is 0.134. The Labute approximate surface area is 97.0 Å². The standard InChI is InChI=1S/C12H16O3Si/c1-13-16(14-2,15-3)12-8-10-6-4-5-7-11(10)9-12/h4-8H,9H2,1-3H3. The molecular formula is C12H16O3Si. The third-order valence-electron chi connectivity index (χ3n) is 2.97. The van der Waals surface area contributed by atoms with Gasteiger partial charge in [-0.3, -0.25) is 0 Å². The Morgan fingerprint density at radius 1 is 1.00 bits per heavy atom. The van der Waals surface area contributed by atoms with Gasteiger partial charge < -0.3 is 13.3 Å². The van der Waals surface area contributed by atoms with Crippen LogP contribution in [0, 0.1) is 0 Å². The Kier molecular flexibility index (Phi) is 3.25. The number of hydrogen-bond acceptors (Lipinski definition) is 3. The van der Waals surface area contributed by atoms with Crippen LogP contribution < -0.4 is 0 Å². The summed E-state index contributed by atoms with van der Waals surface area (Å²) < 4.78 is 16.4. The SMILES string of the molecule is CO[Si](OC)(OC)C1=Cc2ccccc2C1. The number of hydrogen-bond donors (Lipinski definition) is 0. The highest BCUT2D eigenvalue weighted by Crippen LogP contribution is 2.31. The fourth-order valence-electron chi connectivity index (χ4n) is 2.12. The van der Waals surface area contributed by atoms with Gasteiger partial charge in [0, 0.05) is 26.5 Å². The number of allylic oxidation sites excluding steroid dienone is 1. The minimum Gasteiger partial charge on any atom is -0.374 e. The molecule has 0 bridgehead atoms. The van der Waals surface area contributed by atoms with Crippen LogP contribution in [0.3, 0.4) is 0 Å². The van der Waals surface area contributed by atoms with Gasteiger partial charge in [-0.05, 0) is 17.5 Å². The highest BCUT2D eigenvalue weighted by Gasteiger charge is 2.44. The van der Waals surface area contributed by atoms with E-state index in [0.717, 1.165) is 11.6 Å². The molecule has 1 aliphatic carbocycles. The highest BCUT2D eigenvalue weighted by molar-refractivity contribution is 6.69. The van der Waals surface area contributed by atoms with Crippen molar-refractivity contribution in [1.29, 1.82) is 0 Å². The lowest BCUT2D eigenvalue weighted by atomic mass is 10.1. The van der Waals surface area contributed by atoms with E-state index in [9.17, 15) is 0 Å². The van der Waals surface area contributed by atoms with Gasteiger partial charge in [0.05, 0.1) is 0 Å². The predicted octanol–water partition coefficient (Wildman–Crippen LogP) is 2.04. The Hall–Kier alpha value is -0.943. The average Bonchev–Trinajstić information content (AvgIpc) is 2.76. The molecular weight excluding hydrogens is 220 g/mol. The molecule has 0 fully saturated rings. The van der Waals surface area contributed by atoms with Crippen LogP contribution in [0.25, 0.3) is 6.08 Å². The van der Waals surface area contributed by atoms with Crippen LogP contribution in [0.1, 0.15) is 11.1 Å². The summed E-state index contributed by atoms with van der Waals surface area (Å²) in [5.41, 5.74) is 2.54. The molecule has 1 aromatic rings. The van der Waals surface area contributed by atoms with E-state index in [4.69, 9.17) is 13.3 Å². The van der Waals surface area contributed by atoms with E-state index >= 15 is 0 Å². The summed E-state index contributed by atoms with van der Waals surface area (Å²) in [6.45, 7) is 0. The molecule has 16 heavy (non-hydrogen) atoms. The molecule has 0 N–H and O–H groups in total. The van der Waals surface area contributed by atoms with E-state index in [0.29, 0.717) is 0 Å². The van der Waals surface area contributed by atoms with Crippen LogP contribution in [0.2, 0.25) is 0 Å². The van der Waals surface area contributed by atoms with Gasteiger partial charge in [0.15, 0.2) is 0 Å². The largest absolute Gasteiger partial charge is 0.532 e. The Bertz CT molecular complexity index is 402. The molecule has 0 saturated carbocycles. The van der Waals surface area contributed by atoms with E-state index < -0.39 is 8.80 Å². The summed E-state index contributed by atoms with van der Waals surface area (Å²) in [5, 5.41) is 1.13. The van der Waals surface area contributed by atoms with Gasteiger partial charge in [-0.15, -0.1) is 0 Å². The number of rotatable bonds is 4. The van der Waals surface area contributed by atoms with Crippen molar-refractivity contribution >= 4 is 14.9 Å². The lowest BCUT2D eigenvalue weighted by Gasteiger charge is -2.25. The predicted molar refractivity (Wildman–Crippen MR) is 64.9 cm³/mol. The minimum atomic E-state index is -2.62. The molecule has 3 nitrogen and oxygen atoms in total. The maximum absolute atomic E-state index is 5.48. The Morgan fingerprint density at radius 2 is 1.62 bits per heavy atom. The molecule has 0 atom stereocenters. The normalized spacial score (nSPS) is 14.8. The van der Waals surface area contributed by atoms with Crippen LogP contribution in [0.15, 0.2) is 29.5 Å². The quantitative estimate of drug-likeness (QED) is 0.749. The molecule has 0 aromatic heterocycles. The fourth-order valence-corrected chi connectivity index (χ4v) is 4.15. The average molecular weight is 236 g/mol. The molecule has 0 saturated heterocycles. The number of benzene rings is 1. The first-order chi connectivity index (χ1) is 7.75. The van der Waals surface area contributed by atoms with Crippen molar-refractivity contribution < 1.29 is 13.3 Å². The summed E-state index contributed by atoms with van der Waals surface area (Å²) in [6, 6.07) is 8.31. The molecule has 0 amide bonds. The first-order valence-electron chi connectivity index (χ1n) is 5.20. The molecule has 4 heteroatoms. The van der Waals surface area contributed by atoms with E-state index in [2.05, 4.69) is 18.2 Å². The minimum absolute atomic E-state index is 0.859. The summed E-state index contributed by atoms with van der Waals surface area (Å²) in [4.78, 5) is 0.